The van der Waals surface area contributed by atoms with Crippen molar-refractivity contribution in [2.75, 3.05) is 13.1 Å². The minimum absolute atomic E-state index is 0.115. The van der Waals surface area contributed by atoms with Gasteiger partial charge < -0.3 is 14.7 Å². The lowest BCUT2D eigenvalue weighted by molar-refractivity contribution is -0.0893. The molecule has 1 amide bonds. The first-order valence-electron chi connectivity index (χ1n) is 8.25. The molecule has 0 aliphatic carbocycles. The predicted molar refractivity (Wildman–Crippen MR) is 93.2 cm³/mol. The fourth-order valence-electron chi connectivity index (χ4n) is 2.45. The van der Waals surface area contributed by atoms with E-state index in [1.807, 2.05) is 43.9 Å². The standard InChI is InChI=1S/C18H27BNO3/c1-13-12-14(19-23-18(4,5)17(2,3)22)8-9-15(13)16(21)20-10-6-7-11-20/h8-9,12,22H,6-7,10-11H2,1-5H3. The molecular weight excluding hydrogens is 289 g/mol. The van der Waals surface area contributed by atoms with E-state index < -0.39 is 11.2 Å². The summed E-state index contributed by atoms with van der Waals surface area (Å²) in [5.41, 5.74) is 0.929. The molecular formula is C18H27BNO3. The Kier molecular flexibility index (Phi) is 5.22. The Bertz CT molecular complexity index is 572. The van der Waals surface area contributed by atoms with Gasteiger partial charge >= 0.3 is 7.48 Å². The molecule has 1 N–H and O–H groups in total. The highest BCUT2D eigenvalue weighted by Gasteiger charge is 2.35. The summed E-state index contributed by atoms with van der Waals surface area (Å²) in [6.07, 6.45) is 2.19. The summed E-state index contributed by atoms with van der Waals surface area (Å²) in [6, 6.07) is 5.70. The summed E-state index contributed by atoms with van der Waals surface area (Å²) in [5.74, 6) is 0.115. The minimum atomic E-state index is -0.954. The van der Waals surface area contributed by atoms with E-state index in [0.29, 0.717) is 0 Å². The Balaban J connectivity index is 2.06. The number of aryl methyl sites for hydroxylation is 1. The number of likely N-dealkylation sites (tertiary alicyclic amines) is 1. The maximum atomic E-state index is 12.5. The van der Waals surface area contributed by atoms with Gasteiger partial charge in [-0.25, -0.2) is 0 Å². The Morgan fingerprint density at radius 1 is 1.22 bits per heavy atom. The summed E-state index contributed by atoms with van der Waals surface area (Å²) in [5, 5.41) is 10.1. The molecule has 1 heterocycles. The van der Waals surface area contributed by atoms with E-state index in [9.17, 15) is 9.90 Å². The van der Waals surface area contributed by atoms with Crippen molar-refractivity contribution in [1.29, 1.82) is 0 Å². The zero-order valence-electron chi connectivity index (χ0n) is 14.8. The second-order valence-electron chi connectivity index (χ2n) is 7.38. The number of nitrogens with zero attached hydrogens (tertiary/aromatic N) is 1. The Hall–Kier alpha value is -1.33. The molecule has 0 aromatic heterocycles. The fourth-order valence-corrected chi connectivity index (χ4v) is 2.45. The first-order chi connectivity index (χ1) is 10.6. The molecule has 0 bridgehead atoms. The van der Waals surface area contributed by atoms with Gasteiger partial charge in [0.15, 0.2) is 0 Å². The molecule has 0 saturated carbocycles. The molecule has 23 heavy (non-hydrogen) atoms. The molecule has 1 aliphatic heterocycles. The Morgan fingerprint density at radius 3 is 2.35 bits per heavy atom. The highest BCUT2D eigenvalue weighted by atomic mass is 16.5. The average Bonchev–Trinajstić information content (AvgIpc) is 2.97. The molecule has 5 heteroatoms. The summed E-state index contributed by atoms with van der Waals surface area (Å²) >= 11 is 0. The van der Waals surface area contributed by atoms with Crippen LogP contribution in [0.2, 0.25) is 0 Å². The Labute approximate surface area is 140 Å². The van der Waals surface area contributed by atoms with E-state index >= 15 is 0 Å². The molecule has 1 saturated heterocycles. The van der Waals surface area contributed by atoms with Crippen LogP contribution < -0.4 is 5.46 Å². The van der Waals surface area contributed by atoms with E-state index in [4.69, 9.17) is 4.65 Å². The number of benzene rings is 1. The maximum Gasteiger partial charge on any atom is 0.330 e. The van der Waals surface area contributed by atoms with Crippen LogP contribution in [0.4, 0.5) is 0 Å². The lowest BCUT2D eigenvalue weighted by atomic mass is 9.81. The zero-order valence-corrected chi connectivity index (χ0v) is 14.8. The van der Waals surface area contributed by atoms with Crippen molar-refractivity contribution in [2.45, 2.75) is 58.7 Å². The van der Waals surface area contributed by atoms with Gasteiger partial charge in [-0.1, -0.05) is 17.6 Å². The number of hydrogen-bond donors (Lipinski definition) is 1. The second-order valence-corrected chi connectivity index (χ2v) is 7.38. The Morgan fingerprint density at radius 2 is 1.83 bits per heavy atom. The van der Waals surface area contributed by atoms with Crippen LogP contribution in [-0.2, 0) is 4.65 Å². The van der Waals surface area contributed by atoms with Gasteiger partial charge in [-0.15, -0.1) is 0 Å². The second kappa shape index (κ2) is 6.66. The summed E-state index contributed by atoms with van der Waals surface area (Å²) in [7, 11) is 1.65. The van der Waals surface area contributed by atoms with E-state index in [-0.39, 0.29) is 5.91 Å². The smallest absolute Gasteiger partial charge is 0.330 e. The van der Waals surface area contributed by atoms with Gasteiger partial charge in [0.25, 0.3) is 5.91 Å². The summed E-state index contributed by atoms with van der Waals surface area (Å²) in [6.45, 7) is 10.8. The van der Waals surface area contributed by atoms with E-state index in [1.54, 1.807) is 21.3 Å². The van der Waals surface area contributed by atoms with Crippen LogP contribution in [0.3, 0.4) is 0 Å². The van der Waals surface area contributed by atoms with Gasteiger partial charge in [0.2, 0.25) is 0 Å². The average molecular weight is 316 g/mol. The third-order valence-corrected chi connectivity index (χ3v) is 4.84. The molecule has 4 nitrogen and oxygen atoms in total. The van der Waals surface area contributed by atoms with E-state index in [2.05, 4.69) is 0 Å². The molecule has 1 aliphatic rings. The maximum absolute atomic E-state index is 12.5. The van der Waals surface area contributed by atoms with E-state index in [1.165, 1.54) is 0 Å². The number of hydrogen-bond acceptors (Lipinski definition) is 3. The molecule has 125 valence electrons. The van der Waals surface area contributed by atoms with Crippen LogP contribution in [0.25, 0.3) is 0 Å². The van der Waals surface area contributed by atoms with Crippen molar-refractivity contribution in [1.82, 2.24) is 4.90 Å². The molecule has 1 fully saturated rings. The third kappa shape index (κ3) is 4.15. The first kappa shape index (κ1) is 18.0. The SMILES string of the molecule is Cc1cc([B]OC(C)(C)C(C)(C)O)ccc1C(=O)N1CCCC1. The third-order valence-electron chi connectivity index (χ3n) is 4.84. The molecule has 0 spiro atoms. The van der Waals surface area contributed by atoms with Crippen LogP contribution in [0.15, 0.2) is 18.2 Å². The molecule has 1 radical (unpaired) electrons. The quantitative estimate of drug-likeness (QED) is 0.846. The zero-order chi connectivity index (χ0) is 17.3. The lowest BCUT2D eigenvalue weighted by Gasteiger charge is -2.37. The normalized spacial score (nSPS) is 15.8. The fraction of sp³-hybridized carbons (Fsp3) is 0.611. The molecule has 0 atom stereocenters. The van der Waals surface area contributed by atoms with Crippen molar-refractivity contribution in [3.05, 3.63) is 29.3 Å². The minimum Gasteiger partial charge on any atom is -0.427 e. The number of aliphatic hydroxyl groups is 1. The lowest BCUT2D eigenvalue weighted by Crippen LogP contribution is -2.49. The number of carbonyl (C=O) groups is 1. The topological polar surface area (TPSA) is 49.8 Å². The highest BCUT2D eigenvalue weighted by molar-refractivity contribution is 6.47. The van der Waals surface area contributed by atoms with Crippen molar-refractivity contribution in [2.24, 2.45) is 0 Å². The molecule has 1 aromatic carbocycles. The monoisotopic (exact) mass is 316 g/mol. The van der Waals surface area contributed by atoms with Gasteiger partial charge in [-0.2, -0.15) is 0 Å². The van der Waals surface area contributed by atoms with Gasteiger partial charge in [0.1, 0.15) is 0 Å². The van der Waals surface area contributed by atoms with Gasteiger partial charge in [-0.3, -0.25) is 4.79 Å². The molecule has 1 aromatic rings. The summed E-state index contributed by atoms with van der Waals surface area (Å²) in [4.78, 5) is 14.4. The van der Waals surface area contributed by atoms with Crippen LogP contribution in [-0.4, -0.2) is 47.7 Å². The van der Waals surface area contributed by atoms with Crippen LogP contribution in [0.5, 0.6) is 0 Å². The van der Waals surface area contributed by atoms with Gasteiger partial charge in [0.05, 0.1) is 11.2 Å². The molecule has 2 rings (SSSR count). The number of amides is 1. The van der Waals surface area contributed by atoms with Gasteiger partial charge in [0, 0.05) is 18.7 Å². The number of carbonyl (C=O) groups excluding carboxylic acids is 1. The first-order valence-corrected chi connectivity index (χ1v) is 8.25. The predicted octanol–water partition coefficient (Wildman–Crippen LogP) is 2.04. The van der Waals surface area contributed by atoms with Crippen LogP contribution in [0.1, 0.15) is 56.5 Å². The number of rotatable bonds is 5. The van der Waals surface area contributed by atoms with Crippen LogP contribution in [0, 0.1) is 6.92 Å². The summed E-state index contributed by atoms with van der Waals surface area (Å²) < 4.78 is 5.76. The molecule has 0 unspecified atom stereocenters. The van der Waals surface area contributed by atoms with Crippen molar-refractivity contribution < 1.29 is 14.6 Å². The van der Waals surface area contributed by atoms with Gasteiger partial charge in [-0.05, 0) is 59.1 Å². The van der Waals surface area contributed by atoms with Crippen molar-refractivity contribution in [3.63, 3.8) is 0 Å². The van der Waals surface area contributed by atoms with Crippen LogP contribution >= 0.6 is 0 Å². The van der Waals surface area contributed by atoms with E-state index in [0.717, 1.165) is 42.5 Å². The largest absolute Gasteiger partial charge is 0.427 e. The highest BCUT2D eigenvalue weighted by Crippen LogP contribution is 2.24. The van der Waals surface area contributed by atoms with Crippen molar-refractivity contribution >= 4 is 18.9 Å². The van der Waals surface area contributed by atoms with Crippen molar-refractivity contribution in [3.8, 4) is 0 Å².